The van der Waals surface area contributed by atoms with Gasteiger partial charge in [-0.25, -0.2) is 0 Å². The average Bonchev–Trinajstić information content (AvgIpc) is 2.94. The maximum absolute atomic E-state index is 12.0. The van der Waals surface area contributed by atoms with Crippen LogP contribution in [0.1, 0.15) is 24.8 Å². The van der Waals surface area contributed by atoms with Crippen molar-refractivity contribution in [1.82, 2.24) is 16.2 Å². The minimum absolute atomic E-state index is 0.0210. The molecule has 1 aromatic carbocycles. The first-order valence-corrected chi connectivity index (χ1v) is 7.81. The number of amides is 1. The summed E-state index contributed by atoms with van der Waals surface area (Å²) in [6.45, 7) is 0.998. The number of nitrogens with one attached hydrogen (secondary N) is 3. The van der Waals surface area contributed by atoms with Gasteiger partial charge in [-0.1, -0.05) is 23.7 Å². The van der Waals surface area contributed by atoms with Gasteiger partial charge in [0.15, 0.2) is 0 Å². The normalized spacial score (nSPS) is 28.5. The highest BCUT2D eigenvalue weighted by Gasteiger charge is 2.33. The lowest BCUT2D eigenvalue weighted by atomic mass is 9.83. The molecule has 112 valence electrons. The molecule has 5 heteroatoms. The smallest absolute Gasteiger partial charge is 0.244 e. The second kappa shape index (κ2) is 6.60. The van der Waals surface area contributed by atoms with Crippen LogP contribution in [0.15, 0.2) is 30.3 Å². The maximum atomic E-state index is 12.0. The fourth-order valence-electron chi connectivity index (χ4n) is 3.13. The molecule has 1 saturated heterocycles. The SMILES string of the molecule is O=C(/C=C/c1ccc(Cl)cc1)NC1CCC2NNCC2C1. The van der Waals surface area contributed by atoms with Crippen molar-refractivity contribution in [3.8, 4) is 0 Å². The summed E-state index contributed by atoms with van der Waals surface area (Å²) in [4.78, 5) is 12.0. The molecule has 2 fully saturated rings. The Morgan fingerprint density at radius 3 is 2.90 bits per heavy atom. The topological polar surface area (TPSA) is 53.2 Å². The lowest BCUT2D eigenvalue weighted by Crippen LogP contribution is -2.43. The van der Waals surface area contributed by atoms with E-state index in [0.717, 1.165) is 31.4 Å². The van der Waals surface area contributed by atoms with E-state index >= 15 is 0 Å². The van der Waals surface area contributed by atoms with Crippen LogP contribution in [0.3, 0.4) is 0 Å². The third-order valence-electron chi connectivity index (χ3n) is 4.28. The summed E-state index contributed by atoms with van der Waals surface area (Å²) in [6.07, 6.45) is 6.61. The van der Waals surface area contributed by atoms with E-state index in [1.165, 1.54) is 0 Å². The highest BCUT2D eigenvalue weighted by atomic mass is 35.5. The number of fused-ring (bicyclic) bond motifs is 1. The molecule has 3 N–H and O–H groups in total. The van der Waals surface area contributed by atoms with Crippen LogP contribution in [0.2, 0.25) is 5.02 Å². The summed E-state index contributed by atoms with van der Waals surface area (Å²) in [5.74, 6) is 0.608. The number of rotatable bonds is 3. The Kier molecular flexibility index (Phi) is 4.58. The van der Waals surface area contributed by atoms with E-state index in [1.807, 2.05) is 30.3 Å². The van der Waals surface area contributed by atoms with Gasteiger partial charge in [0.25, 0.3) is 0 Å². The second-order valence-electron chi connectivity index (χ2n) is 5.80. The van der Waals surface area contributed by atoms with Gasteiger partial charge in [-0.2, -0.15) is 0 Å². The van der Waals surface area contributed by atoms with Gasteiger partial charge in [-0.15, -0.1) is 0 Å². The Labute approximate surface area is 129 Å². The lowest BCUT2D eigenvalue weighted by molar-refractivity contribution is -0.117. The molecule has 0 radical (unpaired) electrons. The van der Waals surface area contributed by atoms with Gasteiger partial charge in [-0.05, 0) is 49.0 Å². The number of hydrazine groups is 1. The van der Waals surface area contributed by atoms with Gasteiger partial charge in [0.05, 0.1) is 0 Å². The van der Waals surface area contributed by atoms with Crippen molar-refractivity contribution >= 4 is 23.6 Å². The summed E-state index contributed by atoms with van der Waals surface area (Å²) in [6, 6.07) is 8.29. The Hall–Kier alpha value is -1.36. The van der Waals surface area contributed by atoms with Crippen molar-refractivity contribution in [3.63, 3.8) is 0 Å². The second-order valence-corrected chi connectivity index (χ2v) is 6.23. The Bertz CT molecular complexity index is 529. The Balaban J connectivity index is 1.51. The molecule has 4 nitrogen and oxygen atoms in total. The molecule has 0 spiro atoms. The van der Waals surface area contributed by atoms with E-state index < -0.39 is 0 Å². The molecule has 1 aliphatic carbocycles. The van der Waals surface area contributed by atoms with Crippen molar-refractivity contribution in [2.75, 3.05) is 6.54 Å². The fourth-order valence-corrected chi connectivity index (χ4v) is 3.25. The molecule has 1 saturated carbocycles. The zero-order valence-corrected chi connectivity index (χ0v) is 12.6. The summed E-state index contributed by atoms with van der Waals surface area (Å²) >= 11 is 5.83. The van der Waals surface area contributed by atoms with Crippen LogP contribution in [-0.2, 0) is 4.79 Å². The standard InChI is InChI=1S/C16H20ClN3O/c17-13-4-1-11(2-5-13)3-8-16(21)19-14-6-7-15-12(9-14)10-18-20-15/h1-5,8,12,14-15,18,20H,6-7,9-10H2,(H,19,21)/b8-3+. The number of hydrogen-bond donors (Lipinski definition) is 3. The van der Waals surface area contributed by atoms with Crippen LogP contribution in [0, 0.1) is 5.92 Å². The molecule has 21 heavy (non-hydrogen) atoms. The average molecular weight is 306 g/mol. The quantitative estimate of drug-likeness (QED) is 0.750. The highest BCUT2D eigenvalue weighted by molar-refractivity contribution is 6.30. The largest absolute Gasteiger partial charge is 0.350 e. The van der Waals surface area contributed by atoms with Gasteiger partial charge >= 0.3 is 0 Å². The minimum Gasteiger partial charge on any atom is -0.350 e. The lowest BCUT2D eigenvalue weighted by Gasteiger charge is -2.30. The minimum atomic E-state index is -0.0210. The van der Waals surface area contributed by atoms with E-state index in [4.69, 9.17) is 11.6 Å². The molecule has 0 bridgehead atoms. The zero-order valence-electron chi connectivity index (χ0n) is 11.8. The molecular weight excluding hydrogens is 286 g/mol. The van der Waals surface area contributed by atoms with Crippen LogP contribution in [0.5, 0.6) is 0 Å². The van der Waals surface area contributed by atoms with Crippen molar-refractivity contribution < 1.29 is 4.79 Å². The first-order valence-electron chi connectivity index (χ1n) is 7.43. The van der Waals surface area contributed by atoms with Crippen LogP contribution in [-0.4, -0.2) is 24.5 Å². The van der Waals surface area contributed by atoms with E-state index in [1.54, 1.807) is 6.08 Å². The molecule has 1 amide bonds. The van der Waals surface area contributed by atoms with Crippen LogP contribution in [0.4, 0.5) is 0 Å². The van der Waals surface area contributed by atoms with Gasteiger partial charge in [0.1, 0.15) is 0 Å². The predicted molar refractivity (Wildman–Crippen MR) is 84.7 cm³/mol. The van der Waals surface area contributed by atoms with Crippen LogP contribution >= 0.6 is 11.6 Å². The number of carbonyl (C=O) groups is 1. The molecule has 2 aliphatic rings. The van der Waals surface area contributed by atoms with Crippen molar-refractivity contribution in [3.05, 3.63) is 40.9 Å². The number of hydrogen-bond acceptors (Lipinski definition) is 3. The fraction of sp³-hybridized carbons (Fsp3) is 0.438. The van der Waals surface area contributed by atoms with Gasteiger partial charge < -0.3 is 5.32 Å². The molecule has 1 aromatic rings. The Morgan fingerprint density at radius 1 is 1.29 bits per heavy atom. The van der Waals surface area contributed by atoms with Gasteiger partial charge in [0, 0.05) is 29.7 Å². The molecular formula is C16H20ClN3O. The van der Waals surface area contributed by atoms with E-state index in [2.05, 4.69) is 16.2 Å². The molecule has 0 aromatic heterocycles. The van der Waals surface area contributed by atoms with E-state index in [-0.39, 0.29) is 11.9 Å². The first-order chi connectivity index (χ1) is 10.2. The first kappa shape index (κ1) is 14.6. The number of benzene rings is 1. The molecule has 1 aliphatic heterocycles. The van der Waals surface area contributed by atoms with Gasteiger partial charge in [-0.3, -0.25) is 15.6 Å². The summed E-state index contributed by atoms with van der Waals surface area (Å²) in [5, 5.41) is 3.81. The summed E-state index contributed by atoms with van der Waals surface area (Å²) in [5.41, 5.74) is 7.47. The summed E-state index contributed by atoms with van der Waals surface area (Å²) < 4.78 is 0. The Morgan fingerprint density at radius 2 is 2.10 bits per heavy atom. The number of halogens is 1. The highest BCUT2D eigenvalue weighted by Crippen LogP contribution is 2.26. The number of carbonyl (C=O) groups excluding carboxylic acids is 1. The van der Waals surface area contributed by atoms with Crippen molar-refractivity contribution in [2.24, 2.45) is 5.92 Å². The van der Waals surface area contributed by atoms with Crippen molar-refractivity contribution in [1.29, 1.82) is 0 Å². The molecule has 3 unspecified atom stereocenters. The maximum Gasteiger partial charge on any atom is 0.244 e. The third-order valence-corrected chi connectivity index (χ3v) is 4.53. The van der Waals surface area contributed by atoms with Gasteiger partial charge in [0.2, 0.25) is 5.91 Å². The van der Waals surface area contributed by atoms with Crippen molar-refractivity contribution in [2.45, 2.75) is 31.3 Å². The van der Waals surface area contributed by atoms with Crippen LogP contribution in [0.25, 0.3) is 6.08 Å². The van der Waals surface area contributed by atoms with E-state index in [9.17, 15) is 4.79 Å². The van der Waals surface area contributed by atoms with E-state index in [0.29, 0.717) is 17.0 Å². The zero-order chi connectivity index (χ0) is 14.7. The predicted octanol–water partition coefficient (Wildman–Crippen LogP) is 2.11. The molecule has 1 heterocycles. The summed E-state index contributed by atoms with van der Waals surface area (Å²) in [7, 11) is 0. The molecule has 3 rings (SSSR count). The third kappa shape index (κ3) is 3.84. The monoisotopic (exact) mass is 305 g/mol. The van der Waals surface area contributed by atoms with Crippen LogP contribution < -0.4 is 16.2 Å². The molecule has 3 atom stereocenters.